The number of nitrogens with one attached hydrogen (secondary N) is 1. The number of piperazine rings is 1. The van der Waals surface area contributed by atoms with Gasteiger partial charge in [0, 0.05) is 57.5 Å². The van der Waals surface area contributed by atoms with E-state index in [1.807, 2.05) is 12.1 Å². The second-order valence-electron chi connectivity index (χ2n) is 8.91. The highest BCUT2D eigenvalue weighted by molar-refractivity contribution is 7.88. The highest BCUT2D eigenvalue weighted by atomic mass is 32.2. The van der Waals surface area contributed by atoms with E-state index in [0.717, 1.165) is 51.3 Å². The number of halogens is 1. The van der Waals surface area contributed by atoms with Crippen molar-refractivity contribution in [3.63, 3.8) is 0 Å². The molecule has 166 valence electrons. The molecule has 1 spiro atoms. The molecule has 3 fully saturated rings. The van der Waals surface area contributed by atoms with Gasteiger partial charge in [-0.1, -0.05) is 0 Å². The lowest BCUT2D eigenvalue weighted by Gasteiger charge is -2.37. The van der Waals surface area contributed by atoms with Crippen LogP contribution in [0.5, 0.6) is 0 Å². The minimum absolute atomic E-state index is 0.0989. The SMILES string of the molecule is CS(=O)(=O)N1CCC2(CC1)C[C@H](CCN1CCN(c3ccc(F)cc3)CC1)NC2=O. The van der Waals surface area contributed by atoms with Crippen LogP contribution >= 0.6 is 0 Å². The molecule has 3 saturated heterocycles. The van der Waals surface area contributed by atoms with Gasteiger partial charge in [-0.15, -0.1) is 0 Å². The van der Waals surface area contributed by atoms with Crippen molar-refractivity contribution in [3.8, 4) is 0 Å². The van der Waals surface area contributed by atoms with Gasteiger partial charge in [-0.25, -0.2) is 17.1 Å². The van der Waals surface area contributed by atoms with Crippen molar-refractivity contribution >= 4 is 21.6 Å². The average Bonchev–Trinajstić information content (AvgIpc) is 3.02. The molecule has 3 heterocycles. The highest BCUT2D eigenvalue weighted by Gasteiger charge is 2.48. The highest BCUT2D eigenvalue weighted by Crippen LogP contribution is 2.41. The van der Waals surface area contributed by atoms with Gasteiger partial charge in [0.2, 0.25) is 15.9 Å². The summed E-state index contributed by atoms with van der Waals surface area (Å²) in [6.45, 7) is 5.53. The number of carbonyl (C=O) groups excluding carboxylic acids is 1. The maximum atomic E-state index is 13.1. The van der Waals surface area contributed by atoms with Gasteiger partial charge in [0.1, 0.15) is 5.82 Å². The zero-order valence-corrected chi connectivity index (χ0v) is 18.3. The summed E-state index contributed by atoms with van der Waals surface area (Å²) in [6.07, 6.45) is 4.18. The van der Waals surface area contributed by atoms with E-state index in [-0.39, 0.29) is 17.8 Å². The van der Waals surface area contributed by atoms with E-state index in [1.165, 1.54) is 22.7 Å². The second kappa shape index (κ2) is 8.43. The molecule has 0 unspecified atom stereocenters. The predicted molar refractivity (Wildman–Crippen MR) is 114 cm³/mol. The number of piperidine rings is 1. The molecule has 1 N–H and O–H groups in total. The Morgan fingerprint density at radius 1 is 1.07 bits per heavy atom. The second-order valence-corrected chi connectivity index (χ2v) is 10.9. The Kier molecular flexibility index (Phi) is 6.05. The number of amides is 1. The van der Waals surface area contributed by atoms with Gasteiger partial charge < -0.3 is 10.2 Å². The van der Waals surface area contributed by atoms with E-state index < -0.39 is 15.4 Å². The Hall–Kier alpha value is -1.71. The first-order chi connectivity index (χ1) is 14.2. The summed E-state index contributed by atoms with van der Waals surface area (Å²) in [4.78, 5) is 17.4. The molecular weight excluding hydrogens is 407 g/mol. The predicted octanol–water partition coefficient (Wildman–Crippen LogP) is 1.27. The van der Waals surface area contributed by atoms with Crippen LogP contribution in [-0.4, -0.2) is 81.6 Å². The van der Waals surface area contributed by atoms with Crippen molar-refractivity contribution in [1.29, 1.82) is 0 Å². The van der Waals surface area contributed by atoms with Crippen LogP contribution in [0, 0.1) is 11.2 Å². The van der Waals surface area contributed by atoms with Crippen LogP contribution in [0.15, 0.2) is 24.3 Å². The largest absolute Gasteiger partial charge is 0.369 e. The molecule has 4 rings (SSSR count). The van der Waals surface area contributed by atoms with Crippen LogP contribution in [0.2, 0.25) is 0 Å². The lowest BCUT2D eigenvalue weighted by atomic mass is 9.76. The van der Waals surface area contributed by atoms with Gasteiger partial charge in [-0.3, -0.25) is 9.69 Å². The molecule has 30 heavy (non-hydrogen) atoms. The minimum atomic E-state index is -3.18. The summed E-state index contributed by atoms with van der Waals surface area (Å²) < 4.78 is 38.1. The zero-order valence-electron chi connectivity index (χ0n) is 17.5. The summed E-state index contributed by atoms with van der Waals surface area (Å²) in [5.74, 6) is -0.113. The summed E-state index contributed by atoms with van der Waals surface area (Å²) in [6, 6.07) is 6.82. The first-order valence-electron chi connectivity index (χ1n) is 10.7. The molecule has 9 heteroatoms. The lowest BCUT2D eigenvalue weighted by Crippen LogP contribution is -2.47. The molecule has 3 aliphatic heterocycles. The number of sulfonamides is 1. The number of anilines is 1. The fraction of sp³-hybridized carbons (Fsp3) is 0.667. The van der Waals surface area contributed by atoms with Crippen LogP contribution in [0.25, 0.3) is 0 Å². The molecular formula is C21H31FN4O3S. The molecule has 1 amide bonds. The standard InChI is InChI=1S/C21H31FN4O3S/c1-30(28,29)26-10-7-21(8-11-26)16-18(23-20(21)27)6-9-24-12-14-25(15-13-24)19-4-2-17(22)3-5-19/h2-5,18H,6-16H2,1H3,(H,23,27)/t18-/m0/s1. The summed E-state index contributed by atoms with van der Waals surface area (Å²) in [5.41, 5.74) is 0.661. The van der Waals surface area contributed by atoms with Gasteiger partial charge >= 0.3 is 0 Å². The first kappa shape index (κ1) is 21.5. The summed E-state index contributed by atoms with van der Waals surface area (Å²) in [7, 11) is -3.18. The quantitative estimate of drug-likeness (QED) is 0.750. The Morgan fingerprint density at radius 2 is 1.70 bits per heavy atom. The number of nitrogens with zero attached hydrogens (tertiary/aromatic N) is 3. The van der Waals surface area contributed by atoms with Gasteiger partial charge in [0.05, 0.1) is 11.7 Å². The van der Waals surface area contributed by atoms with E-state index in [4.69, 9.17) is 0 Å². The zero-order chi connectivity index (χ0) is 21.4. The normalized spacial score (nSPS) is 25.6. The number of benzene rings is 1. The molecule has 0 saturated carbocycles. The van der Waals surface area contributed by atoms with Crippen LogP contribution < -0.4 is 10.2 Å². The van der Waals surface area contributed by atoms with Crippen molar-refractivity contribution in [3.05, 3.63) is 30.1 Å². The van der Waals surface area contributed by atoms with Crippen LogP contribution in [-0.2, 0) is 14.8 Å². The Balaban J connectivity index is 1.23. The van der Waals surface area contributed by atoms with Crippen LogP contribution in [0.3, 0.4) is 0 Å². The third-order valence-electron chi connectivity index (χ3n) is 6.96. The third-order valence-corrected chi connectivity index (χ3v) is 8.26. The molecule has 7 nitrogen and oxygen atoms in total. The van der Waals surface area contributed by atoms with E-state index in [2.05, 4.69) is 15.1 Å². The fourth-order valence-electron chi connectivity index (χ4n) is 5.03. The molecule has 3 aliphatic rings. The number of carbonyl (C=O) groups is 1. The van der Waals surface area contributed by atoms with Gasteiger partial charge in [-0.05, 0) is 49.9 Å². The summed E-state index contributed by atoms with van der Waals surface area (Å²) >= 11 is 0. The van der Waals surface area contributed by atoms with Gasteiger partial charge in [0.15, 0.2) is 0 Å². The van der Waals surface area contributed by atoms with Crippen molar-refractivity contribution in [1.82, 2.24) is 14.5 Å². The number of rotatable bonds is 5. The number of hydrogen-bond donors (Lipinski definition) is 1. The first-order valence-corrected chi connectivity index (χ1v) is 12.6. The summed E-state index contributed by atoms with van der Waals surface area (Å²) in [5, 5.41) is 3.17. The van der Waals surface area contributed by atoms with Gasteiger partial charge in [-0.2, -0.15) is 0 Å². The minimum Gasteiger partial charge on any atom is -0.369 e. The monoisotopic (exact) mass is 438 g/mol. The Morgan fingerprint density at radius 3 is 2.30 bits per heavy atom. The molecule has 0 aromatic heterocycles. The van der Waals surface area contributed by atoms with Crippen LogP contribution in [0.4, 0.5) is 10.1 Å². The van der Waals surface area contributed by atoms with Gasteiger partial charge in [0.25, 0.3) is 0 Å². The van der Waals surface area contributed by atoms with Crippen molar-refractivity contribution in [2.75, 3.05) is 57.0 Å². The van der Waals surface area contributed by atoms with Crippen molar-refractivity contribution < 1.29 is 17.6 Å². The third kappa shape index (κ3) is 4.63. The molecule has 0 radical (unpaired) electrons. The molecule has 1 aromatic rings. The Bertz CT molecular complexity index is 861. The molecule has 0 bridgehead atoms. The van der Waals surface area contributed by atoms with Crippen LogP contribution in [0.1, 0.15) is 25.7 Å². The van der Waals surface area contributed by atoms with E-state index in [1.54, 1.807) is 0 Å². The van der Waals surface area contributed by atoms with E-state index in [0.29, 0.717) is 25.9 Å². The Labute approximate surface area is 178 Å². The number of hydrogen-bond acceptors (Lipinski definition) is 5. The van der Waals surface area contributed by atoms with Crippen molar-refractivity contribution in [2.24, 2.45) is 5.41 Å². The van der Waals surface area contributed by atoms with Crippen molar-refractivity contribution in [2.45, 2.75) is 31.7 Å². The maximum Gasteiger partial charge on any atom is 0.226 e. The fourth-order valence-corrected chi connectivity index (χ4v) is 5.87. The van der Waals surface area contributed by atoms with E-state index in [9.17, 15) is 17.6 Å². The maximum absolute atomic E-state index is 13.1. The lowest BCUT2D eigenvalue weighted by molar-refractivity contribution is -0.129. The van der Waals surface area contributed by atoms with E-state index >= 15 is 0 Å². The molecule has 1 aromatic carbocycles. The molecule has 1 atom stereocenters. The smallest absolute Gasteiger partial charge is 0.226 e. The molecule has 0 aliphatic carbocycles. The average molecular weight is 439 g/mol. The topological polar surface area (TPSA) is 73.0 Å².